The zero-order valence-corrected chi connectivity index (χ0v) is 11.4. The molecule has 0 atom stereocenters. The highest BCUT2D eigenvalue weighted by Crippen LogP contribution is 2.21. The maximum atomic E-state index is 3.53. The molecule has 0 bridgehead atoms. The fourth-order valence-corrected chi connectivity index (χ4v) is 2.56. The van der Waals surface area contributed by atoms with Crippen molar-refractivity contribution in [3.05, 3.63) is 27.8 Å². The van der Waals surface area contributed by atoms with Gasteiger partial charge in [-0.3, -0.25) is 0 Å². The maximum Gasteiger partial charge on any atom is 0.0377 e. The molecule has 3 heteroatoms. The van der Waals surface area contributed by atoms with Crippen molar-refractivity contribution >= 4 is 28.3 Å². The van der Waals surface area contributed by atoms with Gasteiger partial charge in [0.05, 0.1) is 0 Å². The number of piperazine rings is 1. The predicted octanol–water partition coefficient (Wildman–Crippen LogP) is 2.48. The molecular formula is C12H17IN2. The Bertz CT molecular complexity index is 349. The Morgan fingerprint density at radius 1 is 1.40 bits per heavy atom. The lowest BCUT2D eigenvalue weighted by molar-refractivity contribution is 0.353. The zero-order valence-electron chi connectivity index (χ0n) is 9.26. The molecule has 2 rings (SSSR count). The smallest absolute Gasteiger partial charge is 0.0377 e. The largest absolute Gasteiger partial charge is 0.368 e. The van der Waals surface area contributed by atoms with Crippen LogP contribution in [0.25, 0.3) is 0 Å². The van der Waals surface area contributed by atoms with Crippen molar-refractivity contribution in [2.45, 2.75) is 19.4 Å². The molecule has 1 fully saturated rings. The number of rotatable bonds is 1. The first-order valence-corrected chi connectivity index (χ1v) is 6.40. The number of nitrogens with one attached hydrogen (secondary N) is 1. The first-order chi connectivity index (χ1) is 7.07. The van der Waals surface area contributed by atoms with E-state index in [2.05, 4.69) is 70.9 Å². The molecule has 1 aliphatic heterocycles. The van der Waals surface area contributed by atoms with Crippen molar-refractivity contribution < 1.29 is 0 Å². The Morgan fingerprint density at radius 2 is 2.20 bits per heavy atom. The molecule has 1 aromatic rings. The molecule has 15 heavy (non-hydrogen) atoms. The van der Waals surface area contributed by atoms with Crippen LogP contribution in [-0.4, -0.2) is 25.2 Å². The first kappa shape index (κ1) is 11.2. The minimum Gasteiger partial charge on any atom is -0.368 e. The van der Waals surface area contributed by atoms with Gasteiger partial charge in [-0.25, -0.2) is 0 Å². The number of hydrogen-bond acceptors (Lipinski definition) is 2. The summed E-state index contributed by atoms with van der Waals surface area (Å²) in [6.45, 7) is 7.76. The van der Waals surface area contributed by atoms with Crippen molar-refractivity contribution in [3.8, 4) is 0 Å². The van der Waals surface area contributed by atoms with Gasteiger partial charge in [-0.05, 0) is 54.6 Å². The van der Waals surface area contributed by atoms with Gasteiger partial charge in [0, 0.05) is 34.4 Å². The second kappa shape index (κ2) is 4.29. The van der Waals surface area contributed by atoms with Gasteiger partial charge in [0.25, 0.3) is 0 Å². The van der Waals surface area contributed by atoms with Crippen LogP contribution in [0, 0.1) is 3.57 Å². The van der Waals surface area contributed by atoms with Gasteiger partial charge in [-0.2, -0.15) is 0 Å². The maximum absolute atomic E-state index is 3.53. The number of nitrogens with zero attached hydrogens (tertiary/aromatic N) is 1. The van der Waals surface area contributed by atoms with Gasteiger partial charge in [0.1, 0.15) is 0 Å². The number of anilines is 1. The molecule has 2 nitrogen and oxygen atoms in total. The van der Waals surface area contributed by atoms with Crippen LogP contribution in [0.2, 0.25) is 0 Å². The molecule has 0 unspecified atom stereocenters. The molecule has 0 radical (unpaired) electrons. The summed E-state index contributed by atoms with van der Waals surface area (Å²) in [6.07, 6.45) is 0. The van der Waals surface area contributed by atoms with Crippen molar-refractivity contribution in [3.63, 3.8) is 0 Å². The van der Waals surface area contributed by atoms with Gasteiger partial charge < -0.3 is 10.2 Å². The average Bonchev–Trinajstić information content (AvgIpc) is 2.16. The van der Waals surface area contributed by atoms with E-state index < -0.39 is 0 Å². The van der Waals surface area contributed by atoms with E-state index in [1.165, 1.54) is 9.26 Å². The summed E-state index contributed by atoms with van der Waals surface area (Å²) in [7, 11) is 0. The molecule has 82 valence electrons. The van der Waals surface area contributed by atoms with Gasteiger partial charge >= 0.3 is 0 Å². The average molecular weight is 316 g/mol. The van der Waals surface area contributed by atoms with E-state index in [9.17, 15) is 0 Å². The molecule has 0 aromatic heterocycles. The van der Waals surface area contributed by atoms with E-state index in [1.54, 1.807) is 0 Å². The summed E-state index contributed by atoms with van der Waals surface area (Å²) >= 11 is 2.37. The van der Waals surface area contributed by atoms with Crippen LogP contribution < -0.4 is 10.2 Å². The van der Waals surface area contributed by atoms with Gasteiger partial charge in [0.15, 0.2) is 0 Å². The Kier molecular flexibility index (Phi) is 3.21. The highest BCUT2D eigenvalue weighted by molar-refractivity contribution is 14.1. The number of halogens is 1. The molecule has 1 heterocycles. The Hall–Kier alpha value is -0.290. The normalized spacial score (nSPS) is 20.3. The van der Waals surface area contributed by atoms with Crippen molar-refractivity contribution in [2.24, 2.45) is 0 Å². The minimum absolute atomic E-state index is 0.222. The standard InChI is InChI=1S/C12H17IN2/c1-12(2)9-15(7-6-14-12)11-5-3-4-10(13)8-11/h3-5,8,14H,6-7,9H2,1-2H3. The summed E-state index contributed by atoms with van der Waals surface area (Å²) in [4.78, 5) is 2.46. The first-order valence-electron chi connectivity index (χ1n) is 5.32. The highest BCUT2D eigenvalue weighted by Gasteiger charge is 2.25. The topological polar surface area (TPSA) is 15.3 Å². The zero-order chi connectivity index (χ0) is 10.9. The monoisotopic (exact) mass is 316 g/mol. The van der Waals surface area contributed by atoms with Gasteiger partial charge in [-0.1, -0.05) is 6.07 Å². The van der Waals surface area contributed by atoms with Gasteiger partial charge in [0.2, 0.25) is 0 Å². The quantitative estimate of drug-likeness (QED) is 0.801. The molecule has 1 saturated heterocycles. The number of benzene rings is 1. The van der Waals surface area contributed by atoms with E-state index in [0.29, 0.717) is 0 Å². The van der Waals surface area contributed by atoms with Crippen LogP contribution in [0.4, 0.5) is 5.69 Å². The molecule has 1 aliphatic rings. The Morgan fingerprint density at radius 3 is 2.87 bits per heavy atom. The summed E-state index contributed by atoms with van der Waals surface area (Å²) in [6, 6.07) is 8.72. The van der Waals surface area contributed by atoms with E-state index in [-0.39, 0.29) is 5.54 Å². The summed E-state index contributed by atoms with van der Waals surface area (Å²) < 4.78 is 1.31. The van der Waals surface area contributed by atoms with Crippen LogP contribution in [-0.2, 0) is 0 Å². The molecule has 1 aromatic carbocycles. The van der Waals surface area contributed by atoms with Crippen LogP contribution in [0.3, 0.4) is 0 Å². The second-order valence-corrected chi connectivity index (χ2v) is 5.96. The van der Waals surface area contributed by atoms with Crippen LogP contribution in [0.15, 0.2) is 24.3 Å². The Labute approximate surface area is 105 Å². The lowest BCUT2D eigenvalue weighted by Gasteiger charge is -2.40. The van der Waals surface area contributed by atoms with Crippen LogP contribution >= 0.6 is 22.6 Å². The Balaban J connectivity index is 2.17. The third-order valence-corrected chi connectivity index (χ3v) is 3.42. The van der Waals surface area contributed by atoms with Crippen molar-refractivity contribution in [1.29, 1.82) is 0 Å². The third-order valence-electron chi connectivity index (χ3n) is 2.74. The minimum atomic E-state index is 0.222. The van der Waals surface area contributed by atoms with Crippen LogP contribution in [0.5, 0.6) is 0 Å². The molecule has 0 amide bonds. The lowest BCUT2D eigenvalue weighted by atomic mass is 10.0. The second-order valence-electron chi connectivity index (χ2n) is 4.71. The van der Waals surface area contributed by atoms with Crippen molar-refractivity contribution in [2.75, 3.05) is 24.5 Å². The summed E-state index contributed by atoms with van der Waals surface area (Å²) in [5, 5.41) is 3.53. The van der Waals surface area contributed by atoms with E-state index >= 15 is 0 Å². The number of hydrogen-bond donors (Lipinski definition) is 1. The predicted molar refractivity (Wildman–Crippen MR) is 73.5 cm³/mol. The summed E-state index contributed by atoms with van der Waals surface area (Å²) in [5.74, 6) is 0. The highest BCUT2D eigenvalue weighted by atomic mass is 127. The summed E-state index contributed by atoms with van der Waals surface area (Å²) in [5.41, 5.74) is 1.57. The molecule has 0 aliphatic carbocycles. The fourth-order valence-electron chi connectivity index (χ4n) is 2.03. The molecule has 0 saturated carbocycles. The lowest BCUT2D eigenvalue weighted by Crippen LogP contribution is -2.57. The third kappa shape index (κ3) is 2.84. The fraction of sp³-hybridized carbons (Fsp3) is 0.500. The van der Waals surface area contributed by atoms with Gasteiger partial charge in [-0.15, -0.1) is 0 Å². The van der Waals surface area contributed by atoms with E-state index in [4.69, 9.17) is 0 Å². The van der Waals surface area contributed by atoms with Crippen LogP contribution in [0.1, 0.15) is 13.8 Å². The van der Waals surface area contributed by atoms with E-state index in [0.717, 1.165) is 19.6 Å². The molecule has 0 spiro atoms. The van der Waals surface area contributed by atoms with Crippen molar-refractivity contribution in [1.82, 2.24) is 5.32 Å². The molecular weight excluding hydrogens is 299 g/mol. The SMILES string of the molecule is CC1(C)CN(c2cccc(I)c2)CCN1. The van der Waals surface area contributed by atoms with E-state index in [1.807, 2.05) is 0 Å². The molecule has 1 N–H and O–H groups in total.